The molecule has 0 radical (unpaired) electrons. The predicted octanol–water partition coefficient (Wildman–Crippen LogP) is 3.35. The first-order valence-electron chi connectivity index (χ1n) is 7.83. The van der Waals surface area contributed by atoms with Gasteiger partial charge in [-0.15, -0.1) is 0 Å². The molecular weight excluding hydrogens is 300 g/mol. The van der Waals surface area contributed by atoms with Crippen molar-refractivity contribution >= 4 is 28.7 Å². The number of carbonyl (C=O) groups excluding carboxylic acids is 1. The van der Waals surface area contributed by atoms with E-state index in [9.17, 15) is 4.79 Å². The minimum Gasteiger partial charge on any atom is -0.376 e. The van der Waals surface area contributed by atoms with Crippen LogP contribution < -0.4 is 10.7 Å². The van der Waals surface area contributed by atoms with Crippen LogP contribution in [0.15, 0.2) is 53.6 Å². The number of carbonyl (C=O) groups is 1. The molecule has 1 heterocycles. The van der Waals surface area contributed by atoms with Crippen molar-refractivity contribution in [3.8, 4) is 0 Å². The number of rotatable bonds is 5. The lowest BCUT2D eigenvalue weighted by Crippen LogP contribution is -2.25. The molecule has 2 aromatic carbocycles. The lowest BCUT2D eigenvalue weighted by molar-refractivity contribution is -0.119. The highest BCUT2D eigenvalue weighted by Gasteiger charge is 2.05. The van der Waals surface area contributed by atoms with Crippen molar-refractivity contribution in [2.24, 2.45) is 5.10 Å². The number of nitrogens with zero attached hydrogens (tertiary/aromatic N) is 1. The average Bonchev–Trinajstić information content (AvgIpc) is 2.90. The number of anilines is 1. The Kier molecular flexibility index (Phi) is 4.61. The molecule has 1 amide bonds. The first kappa shape index (κ1) is 15.8. The number of H-pyrrole nitrogens is 1. The zero-order valence-corrected chi connectivity index (χ0v) is 13.8. The SMILES string of the molecule is Cc1ccc(NCC(=O)N/N=C/c2c(C)[nH]c3ccccc23)cc1. The Labute approximate surface area is 140 Å². The summed E-state index contributed by atoms with van der Waals surface area (Å²) < 4.78 is 0. The van der Waals surface area contributed by atoms with Crippen LogP contribution in [-0.4, -0.2) is 23.7 Å². The third kappa shape index (κ3) is 3.63. The molecule has 1 aromatic heterocycles. The van der Waals surface area contributed by atoms with Gasteiger partial charge in [-0.1, -0.05) is 35.9 Å². The molecule has 0 aliphatic heterocycles. The molecule has 0 spiro atoms. The Morgan fingerprint density at radius 3 is 2.67 bits per heavy atom. The van der Waals surface area contributed by atoms with Crippen molar-refractivity contribution in [3.63, 3.8) is 0 Å². The van der Waals surface area contributed by atoms with Gasteiger partial charge >= 0.3 is 0 Å². The Morgan fingerprint density at radius 2 is 1.88 bits per heavy atom. The van der Waals surface area contributed by atoms with Gasteiger partial charge in [-0.2, -0.15) is 5.10 Å². The van der Waals surface area contributed by atoms with E-state index in [4.69, 9.17) is 0 Å². The lowest BCUT2D eigenvalue weighted by Gasteiger charge is -2.05. The Balaban J connectivity index is 1.58. The van der Waals surface area contributed by atoms with Gasteiger partial charge in [0.05, 0.1) is 12.8 Å². The maximum Gasteiger partial charge on any atom is 0.259 e. The van der Waals surface area contributed by atoms with E-state index < -0.39 is 0 Å². The second-order valence-corrected chi connectivity index (χ2v) is 5.72. The van der Waals surface area contributed by atoms with Crippen molar-refractivity contribution in [2.75, 3.05) is 11.9 Å². The average molecular weight is 320 g/mol. The number of para-hydroxylation sites is 1. The van der Waals surface area contributed by atoms with E-state index in [-0.39, 0.29) is 12.5 Å². The van der Waals surface area contributed by atoms with Crippen LogP contribution in [0.4, 0.5) is 5.69 Å². The van der Waals surface area contributed by atoms with Crippen molar-refractivity contribution in [2.45, 2.75) is 13.8 Å². The predicted molar refractivity (Wildman–Crippen MR) is 98.4 cm³/mol. The van der Waals surface area contributed by atoms with Gasteiger partial charge in [0.1, 0.15) is 0 Å². The molecule has 0 aliphatic rings. The smallest absolute Gasteiger partial charge is 0.259 e. The number of hydrogen-bond donors (Lipinski definition) is 3. The first-order valence-corrected chi connectivity index (χ1v) is 7.83. The minimum absolute atomic E-state index is 0.174. The summed E-state index contributed by atoms with van der Waals surface area (Å²) in [6.45, 7) is 4.19. The summed E-state index contributed by atoms with van der Waals surface area (Å²) in [5, 5.41) is 8.22. The summed E-state index contributed by atoms with van der Waals surface area (Å²) >= 11 is 0. The molecule has 0 aliphatic carbocycles. The third-order valence-corrected chi connectivity index (χ3v) is 3.83. The number of benzene rings is 2. The number of aryl methyl sites for hydroxylation is 2. The standard InChI is InChI=1S/C19H20N4O/c1-13-7-9-15(10-8-13)20-12-19(24)23-21-11-17-14(2)22-18-6-4-3-5-16(17)18/h3-11,20,22H,12H2,1-2H3,(H,23,24)/b21-11+. The molecule has 0 atom stereocenters. The van der Waals surface area contributed by atoms with Crippen LogP contribution in [-0.2, 0) is 4.79 Å². The fourth-order valence-corrected chi connectivity index (χ4v) is 2.53. The van der Waals surface area contributed by atoms with Crippen LogP contribution in [0.5, 0.6) is 0 Å². The molecule has 0 saturated carbocycles. The van der Waals surface area contributed by atoms with E-state index in [1.807, 2.05) is 62.4 Å². The van der Waals surface area contributed by atoms with Crippen LogP contribution in [0.3, 0.4) is 0 Å². The number of aromatic amines is 1. The quantitative estimate of drug-likeness (QED) is 0.498. The molecule has 0 bridgehead atoms. The molecule has 24 heavy (non-hydrogen) atoms. The van der Waals surface area contributed by atoms with E-state index in [0.717, 1.165) is 27.8 Å². The van der Waals surface area contributed by atoms with Gasteiger partial charge in [0.25, 0.3) is 5.91 Å². The summed E-state index contributed by atoms with van der Waals surface area (Å²) in [5.41, 5.74) is 7.71. The van der Waals surface area contributed by atoms with Crippen LogP contribution in [0.2, 0.25) is 0 Å². The van der Waals surface area contributed by atoms with Gasteiger partial charge in [0.15, 0.2) is 0 Å². The van der Waals surface area contributed by atoms with Crippen LogP contribution in [0.1, 0.15) is 16.8 Å². The summed E-state index contributed by atoms with van der Waals surface area (Å²) in [6, 6.07) is 15.9. The summed E-state index contributed by atoms with van der Waals surface area (Å²) in [6.07, 6.45) is 1.68. The lowest BCUT2D eigenvalue weighted by atomic mass is 10.1. The van der Waals surface area contributed by atoms with Crippen molar-refractivity contribution in [1.82, 2.24) is 10.4 Å². The number of fused-ring (bicyclic) bond motifs is 1. The van der Waals surface area contributed by atoms with Gasteiger partial charge < -0.3 is 10.3 Å². The summed E-state index contributed by atoms with van der Waals surface area (Å²) in [5.74, 6) is -0.190. The molecule has 3 rings (SSSR count). The highest BCUT2D eigenvalue weighted by Crippen LogP contribution is 2.19. The number of amides is 1. The zero-order chi connectivity index (χ0) is 16.9. The first-order chi connectivity index (χ1) is 11.6. The number of aromatic nitrogens is 1. The third-order valence-electron chi connectivity index (χ3n) is 3.83. The van der Waals surface area contributed by atoms with Gasteiger partial charge in [0.2, 0.25) is 0 Å². The van der Waals surface area contributed by atoms with Crippen LogP contribution in [0.25, 0.3) is 10.9 Å². The Hall–Kier alpha value is -3.08. The normalized spacial score (nSPS) is 11.1. The molecule has 0 fully saturated rings. The fraction of sp³-hybridized carbons (Fsp3) is 0.158. The van der Waals surface area contributed by atoms with Crippen LogP contribution >= 0.6 is 0 Å². The van der Waals surface area contributed by atoms with Gasteiger partial charge in [0, 0.05) is 27.8 Å². The molecule has 122 valence electrons. The van der Waals surface area contributed by atoms with Gasteiger partial charge in [-0.3, -0.25) is 4.79 Å². The van der Waals surface area contributed by atoms with Gasteiger partial charge in [-0.25, -0.2) is 5.43 Å². The maximum absolute atomic E-state index is 11.9. The minimum atomic E-state index is -0.190. The molecule has 3 aromatic rings. The molecule has 0 unspecified atom stereocenters. The fourth-order valence-electron chi connectivity index (χ4n) is 2.53. The van der Waals surface area contributed by atoms with Crippen LogP contribution in [0, 0.1) is 13.8 Å². The molecule has 3 N–H and O–H groups in total. The topological polar surface area (TPSA) is 69.3 Å². The van der Waals surface area contributed by atoms with E-state index in [0.29, 0.717) is 0 Å². The number of hydrazone groups is 1. The number of hydrogen-bond acceptors (Lipinski definition) is 3. The summed E-state index contributed by atoms with van der Waals surface area (Å²) in [7, 11) is 0. The molecule has 5 heteroatoms. The molecular formula is C19H20N4O. The van der Waals surface area contributed by atoms with E-state index in [2.05, 4.69) is 20.8 Å². The second kappa shape index (κ2) is 7.00. The van der Waals surface area contributed by atoms with Crippen molar-refractivity contribution in [3.05, 3.63) is 65.4 Å². The number of nitrogens with one attached hydrogen (secondary N) is 3. The molecule has 0 saturated heterocycles. The van der Waals surface area contributed by atoms with E-state index in [1.165, 1.54) is 5.56 Å². The summed E-state index contributed by atoms with van der Waals surface area (Å²) in [4.78, 5) is 15.2. The second-order valence-electron chi connectivity index (χ2n) is 5.72. The Morgan fingerprint density at radius 1 is 1.12 bits per heavy atom. The van der Waals surface area contributed by atoms with E-state index in [1.54, 1.807) is 6.21 Å². The van der Waals surface area contributed by atoms with Crippen molar-refractivity contribution < 1.29 is 4.79 Å². The molecule has 5 nitrogen and oxygen atoms in total. The van der Waals surface area contributed by atoms with Gasteiger partial charge in [-0.05, 0) is 32.0 Å². The largest absolute Gasteiger partial charge is 0.376 e. The van der Waals surface area contributed by atoms with E-state index >= 15 is 0 Å². The Bertz CT molecular complexity index is 878. The highest BCUT2D eigenvalue weighted by molar-refractivity contribution is 6.00. The highest BCUT2D eigenvalue weighted by atomic mass is 16.2. The maximum atomic E-state index is 11.9. The monoisotopic (exact) mass is 320 g/mol. The zero-order valence-electron chi connectivity index (χ0n) is 13.8. The van der Waals surface area contributed by atoms with Crippen molar-refractivity contribution in [1.29, 1.82) is 0 Å².